The first-order valence-electron chi connectivity index (χ1n) is 9.11. The number of fused-ring (bicyclic) bond motifs is 1. The SMILES string of the molecule is COC(=O)c1c(NC(=O)NCCN2CCOCC2)sc2c1CC(C)(C)OC2. The molecule has 0 unspecified atom stereocenters. The molecule has 2 aliphatic heterocycles. The van der Waals surface area contributed by atoms with Crippen LogP contribution in [0.15, 0.2) is 0 Å². The summed E-state index contributed by atoms with van der Waals surface area (Å²) < 4.78 is 16.1. The van der Waals surface area contributed by atoms with Gasteiger partial charge in [-0.15, -0.1) is 11.3 Å². The molecule has 0 aliphatic carbocycles. The Morgan fingerprint density at radius 1 is 1.30 bits per heavy atom. The summed E-state index contributed by atoms with van der Waals surface area (Å²) in [6, 6.07) is -0.327. The number of hydrogen-bond acceptors (Lipinski definition) is 7. The maximum Gasteiger partial charge on any atom is 0.341 e. The largest absolute Gasteiger partial charge is 0.465 e. The third-order valence-corrected chi connectivity index (χ3v) is 5.84. The van der Waals surface area contributed by atoms with Gasteiger partial charge in [-0.1, -0.05) is 0 Å². The van der Waals surface area contributed by atoms with Crippen LogP contribution in [0, 0.1) is 0 Å². The Hall–Kier alpha value is -1.68. The molecule has 0 bridgehead atoms. The predicted octanol–water partition coefficient (Wildman–Crippen LogP) is 1.84. The van der Waals surface area contributed by atoms with Crippen LogP contribution in [0.4, 0.5) is 9.80 Å². The third-order valence-electron chi connectivity index (χ3n) is 4.72. The molecule has 0 aromatic carbocycles. The number of methoxy groups -OCH3 is 1. The van der Waals surface area contributed by atoms with Crippen LogP contribution in [0.2, 0.25) is 0 Å². The lowest BCUT2D eigenvalue weighted by atomic mass is 9.93. The van der Waals surface area contributed by atoms with E-state index in [0.717, 1.165) is 43.3 Å². The normalized spacial score (nSPS) is 19.2. The Labute approximate surface area is 163 Å². The van der Waals surface area contributed by atoms with E-state index in [1.165, 1.54) is 18.4 Å². The van der Waals surface area contributed by atoms with Crippen LogP contribution in [0.1, 0.15) is 34.6 Å². The molecular weight excluding hydrogens is 370 g/mol. The molecule has 1 fully saturated rings. The van der Waals surface area contributed by atoms with E-state index in [-0.39, 0.29) is 11.6 Å². The van der Waals surface area contributed by atoms with Crippen molar-refractivity contribution in [2.45, 2.75) is 32.5 Å². The monoisotopic (exact) mass is 397 g/mol. The summed E-state index contributed by atoms with van der Waals surface area (Å²) >= 11 is 1.37. The lowest BCUT2D eigenvalue weighted by molar-refractivity contribution is -0.0384. The summed E-state index contributed by atoms with van der Waals surface area (Å²) in [5.41, 5.74) is 0.998. The Kier molecular flexibility index (Phi) is 6.36. The van der Waals surface area contributed by atoms with Gasteiger partial charge in [0.2, 0.25) is 0 Å². The minimum Gasteiger partial charge on any atom is -0.465 e. The molecule has 2 N–H and O–H groups in total. The zero-order valence-electron chi connectivity index (χ0n) is 16.1. The lowest BCUT2D eigenvalue weighted by Gasteiger charge is -2.30. The highest BCUT2D eigenvalue weighted by Gasteiger charge is 2.34. The van der Waals surface area contributed by atoms with E-state index in [2.05, 4.69) is 15.5 Å². The molecule has 150 valence electrons. The fourth-order valence-corrected chi connectivity index (χ4v) is 4.37. The molecule has 2 aliphatic rings. The van der Waals surface area contributed by atoms with E-state index in [4.69, 9.17) is 14.2 Å². The van der Waals surface area contributed by atoms with Crippen molar-refractivity contribution in [3.8, 4) is 0 Å². The van der Waals surface area contributed by atoms with Gasteiger partial charge in [-0.3, -0.25) is 10.2 Å². The van der Waals surface area contributed by atoms with E-state index in [1.54, 1.807) is 0 Å². The molecule has 27 heavy (non-hydrogen) atoms. The Balaban J connectivity index is 1.64. The van der Waals surface area contributed by atoms with Crippen molar-refractivity contribution in [2.75, 3.05) is 51.8 Å². The second-order valence-electron chi connectivity index (χ2n) is 7.26. The van der Waals surface area contributed by atoms with Gasteiger partial charge in [-0.2, -0.15) is 0 Å². The summed E-state index contributed by atoms with van der Waals surface area (Å²) in [6.07, 6.45) is 0.601. The van der Waals surface area contributed by atoms with E-state index in [1.807, 2.05) is 13.8 Å². The number of hydrogen-bond donors (Lipinski definition) is 2. The maximum atomic E-state index is 12.3. The van der Waals surface area contributed by atoms with E-state index >= 15 is 0 Å². The first-order valence-corrected chi connectivity index (χ1v) is 9.93. The van der Waals surface area contributed by atoms with Crippen molar-refractivity contribution in [3.05, 3.63) is 16.0 Å². The topological polar surface area (TPSA) is 89.1 Å². The van der Waals surface area contributed by atoms with Gasteiger partial charge in [0.15, 0.2) is 0 Å². The number of amides is 2. The van der Waals surface area contributed by atoms with Gasteiger partial charge >= 0.3 is 12.0 Å². The number of rotatable bonds is 5. The highest BCUT2D eigenvalue weighted by Crippen LogP contribution is 2.40. The standard InChI is InChI=1S/C18H27N3O5S/c1-18(2)10-12-13(11-26-18)27-15(14(12)16(22)24-3)20-17(23)19-4-5-21-6-8-25-9-7-21/h4-11H2,1-3H3,(H2,19,20,23). The van der Waals surface area contributed by atoms with E-state index in [9.17, 15) is 9.59 Å². The Bertz CT molecular complexity index is 697. The molecule has 0 atom stereocenters. The molecule has 9 heteroatoms. The fourth-order valence-electron chi connectivity index (χ4n) is 3.26. The summed E-state index contributed by atoms with van der Waals surface area (Å²) in [7, 11) is 1.35. The number of carbonyl (C=O) groups excluding carboxylic acids is 2. The molecule has 0 saturated carbocycles. The highest BCUT2D eigenvalue weighted by molar-refractivity contribution is 7.17. The summed E-state index contributed by atoms with van der Waals surface area (Å²) in [5.74, 6) is -0.436. The molecule has 3 heterocycles. The Morgan fingerprint density at radius 2 is 2.04 bits per heavy atom. The molecule has 2 amide bonds. The third kappa shape index (κ3) is 4.98. The number of urea groups is 1. The van der Waals surface area contributed by atoms with Crippen molar-refractivity contribution in [1.29, 1.82) is 0 Å². The molecule has 0 radical (unpaired) electrons. The van der Waals surface area contributed by atoms with E-state index in [0.29, 0.717) is 30.1 Å². The number of carbonyl (C=O) groups is 2. The van der Waals surface area contributed by atoms with Crippen molar-refractivity contribution in [1.82, 2.24) is 10.2 Å². The van der Waals surface area contributed by atoms with Gasteiger partial charge in [0, 0.05) is 37.5 Å². The molecule has 0 spiro atoms. The number of nitrogens with one attached hydrogen (secondary N) is 2. The van der Waals surface area contributed by atoms with Gasteiger partial charge in [-0.25, -0.2) is 9.59 Å². The quantitative estimate of drug-likeness (QED) is 0.737. The average Bonchev–Trinajstić information content (AvgIpc) is 2.97. The zero-order chi connectivity index (χ0) is 19.4. The summed E-state index contributed by atoms with van der Waals surface area (Å²) in [6.45, 7) is 8.91. The van der Waals surface area contributed by atoms with Crippen LogP contribution in [-0.2, 0) is 27.2 Å². The maximum absolute atomic E-state index is 12.3. The number of esters is 1. The number of ether oxygens (including phenoxy) is 3. The first-order chi connectivity index (χ1) is 12.9. The summed E-state index contributed by atoms with van der Waals surface area (Å²) in [5, 5.41) is 6.18. The average molecular weight is 397 g/mol. The van der Waals surface area contributed by atoms with E-state index < -0.39 is 5.97 Å². The predicted molar refractivity (Wildman–Crippen MR) is 103 cm³/mol. The Morgan fingerprint density at radius 3 is 2.74 bits per heavy atom. The lowest BCUT2D eigenvalue weighted by Crippen LogP contribution is -2.42. The van der Waals surface area contributed by atoms with Gasteiger partial charge in [0.1, 0.15) is 5.00 Å². The smallest absolute Gasteiger partial charge is 0.341 e. The minimum absolute atomic E-state index is 0.327. The number of nitrogens with zero attached hydrogens (tertiary/aromatic N) is 1. The van der Waals surface area contributed by atoms with Gasteiger partial charge in [-0.05, 0) is 19.4 Å². The molecule has 1 aromatic rings. The molecule has 3 rings (SSSR count). The van der Waals surface area contributed by atoms with Crippen LogP contribution < -0.4 is 10.6 Å². The van der Waals surface area contributed by atoms with Gasteiger partial charge in [0.05, 0.1) is 38.1 Å². The second-order valence-corrected chi connectivity index (χ2v) is 8.36. The van der Waals surface area contributed by atoms with Crippen LogP contribution >= 0.6 is 11.3 Å². The first kappa shape index (κ1) is 20.1. The van der Waals surface area contributed by atoms with Crippen molar-refractivity contribution < 1.29 is 23.8 Å². The second kappa shape index (κ2) is 8.55. The minimum atomic E-state index is -0.436. The van der Waals surface area contributed by atoms with Crippen molar-refractivity contribution in [3.63, 3.8) is 0 Å². The molecule has 1 saturated heterocycles. The van der Waals surface area contributed by atoms with Crippen molar-refractivity contribution in [2.24, 2.45) is 0 Å². The van der Waals surface area contributed by atoms with Crippen LogP contribution in [-0.4, -0.2) is 69.0 Å². The number of thiophene rings is 1. The summed E-state index contributed by atoms with van der Waals surface area (Å²) in [4.78, 5) is 27.8. The number of anilines is 1. The van der Waals surface area contributed by atoms with Crippen LogP contribution in [0.3, 0.4) is 0 Å². The molecule has 8 nitrogen and oxygen atoms in total. The van der Waals surface area contributed by atoms with Crippen LogP contribution in [0.25, 0.3) is 0 Å². The molecular formula is C18H27N3O5S. The zero-order valence-corrected chi connectivity index (χ0v) is 16.9. The molecule has 1 aromatic heterocycles. The van der Waals surface area contributed by atoms with Crippen molar-refractivity contribution >= 4 is 28.3 Å². The number of morpholine rings is 1. The van der Waals surface area contributed by atoms with Crippen LogP contribution in [0.5, 0.6) is 0 Å². The fraction of sp³-hybridized carbons (Fsp3) is 0.667. The van der Waals surface area contributed by atoms with Gasteiger partial charge in [0.25, 0.3) is 0 Å². The highest BCUT2D eigenvalue weighted by atomic mass is 32.1. The van der Waals surface area contributed by atoms with Gasteiger partial charge < -0.3 is 19.5 Å².